The quantitative estimate of drug-likeness (QED) is 0.574. The first kappa shape index (κ1) is 22.0. The van der Waals surface area contributed by atoms with Crippen molar-refractivity contribution in [3.05, 3.63) is 58.2 Å². The van der Waals surface area contributed by atoms with E-state index in [0.29, 0.717) is 22.9 Å². The molecule has 1 saturated carbocycles. The number of aryl methyl sites for hydroxylation is 2. The third-order valence-corrected chi connectivity index (χ3v) is 6.46. The summed E-state index contributed by atoms with van der Waals surface area (Å²) >= 11 is 6.16. The third kappa shape index (κ3) is 4.02. The lowest BCUT2D eigenvalue weighted by Gasteiger charge is -2.15. The number of nitrogens with two attached hydrogens (primary N) is 1. The fourth-order valence-electron chi connectivity index (χ4n) is 4.36. The molecule has 31 heavy (non-hydrogen) atoms. The van der Waals surface area contributed by atoms with E-state index in [1.807, 2.05) is 12.1 Å². The van der Waals surface area contributed by atoms with E-state index in [1.54, 1.807) is 13.0 Å². The Morgan fingerprint density at radius 3 is 2.77 bits per heavy atom. The molecule has 2 aliphatic carbocycles. The summed E-state index contributed by atoms with van der Waals surface area (Å²) in [4.78, 5) is 16.6. The first-order chi connectivity index (χ1) is 14.3. The summed E-state index contributed by atoms with van der Waals surface area (Å²) in [5, 5.41) is 4.19. The molecule has 0 unspecified atom stereocenters. The number of rotatable bonds is 5. The van der Waals surface area contributed by atoms with Crippen LogP contribution in [0.25, 0.3) is 22.5 Å². The Bertz CT molecular complexity index is 1180. The van der Waals surface area contributed by atoms with Crippen LogP contribution in [0.5, 0.6) is 0 Å². The number of aromatic nitrogens is 2. The van der Waals surface area contributed by atoms with E-state index in [2.05, 4.69) is 16.2 Å². The zero-order valence-electron chi connectivity index (χ0n) is 17.0. The largest absolute Gasteiger partial charge is 0.339 e. The Hall–Kier alpha value is -2.22. The van der Waals surface area contributed by atoms with Crippen molar-refractivity contribution in [3.63, 3.8) is 0 Å². The molecule has 3 aromatic rings. The Morgan fingerprint density at radius 1 is 1.32 bits per heavy atom. The number of halogens is 2. The standard InChI is InChI=1S/C23H21ClFN3O2.H2S/c1-12-27-22(28-30-12)21-18(10-16(24)11-19(21)25)14-4-5-17-13(8-14)2-3-15(17)9-20(29)23(26)6-7-23;/h4-5,8,10-11,15H,2-3,6-7,9,26H2,1H3;1H2/t15-;/m1./s1. The maximum atomic E-state index is 14.8. The Labute approximate surface area is 191 Å². The van der Waals surface area contributed by atoms with Crippen LogP contribution in [0.3, 0.4) is 0 Å². The SMILES string of the molecule is Cc1nc(-c2c(F)cc(Cl)cc2-c2ccc3c(c2)CC[C@@H]3CC(=O)C2(N)CC2)no1.S. The highest BCUT2D eigenvalue weighted by Gasteiger charge is 2.46. The minimum Gasteiger partial charge on any atom is -0.339 e. The molecule has 1 fully saturated rings. The monoisotopic (exact) mass is 459 g/mol. The van der Waals surface area contributed by atoms with E-state index in [1.165, 1.54) is 17.2 Å². The first-order valence-corrected chi connectivity index (χ1v) is 10.5. The van der Waals surface area contributed by atoms with Crippen LogP contribution >= 0.6 is 25.1 Å². The average molecular weight is 460 g/mol. The molecular weight excluding hydrogens is 437 g/mol. The summed E-state index contributed by atoms with van der Waals surface area (Å²) < 4.78 is 19.9. The number of ketones is 1. The van der Waals surface area contributed by atoms with Gasteiger partial charge in [-0.1, -0.05) is 35.0 Å². The van der Waals surface area contributed by atoms with Gasteiger partial charge in [-0.15, -0.1) is 0 Å². The molecule has 0 amide bonds. The molecule has 0 aliphatic heterocycles. The van der Waals surface area contributed by atoms with E-state index in [4.69, 9.17) is 21.9 Å². The van der Waals surface area contributed by atoms with Gasteiger partial charge in [-0.2, -0.15) is 18.5 Å². The minimum atomic E-state index is -0.585. The number of nitrogens with zero attached hydrogens (tertiary/aromatic N) is 2. The van der Waals surface area contributed by atoms with Gasteiger partial charge in [0.2, 0.25) is 11.7 Å². The number of carbonyl (C=O) groups excluding carboxylic acids is 1. The van der Waals surface area contributed by atoms with E-state index in [0.717, 1.165) is 31.2 Å². The number of fused-ring (bicyclic) bond motifs is 1. The van der Waals surface area contributed by atoms with Crippen LogP contribution in [0.1, 0.15) is 48.6 Å². The molecule has 2 aliphatic rings. The molecule has 162 valence electrons. The van der Waals surface area contributed by atoms with Gasteiger partial charge in [0.1, 0.15) is 5.82 Å². The van der Waals surface area contributed by atoms with Crippen LogP contribution in [0, 0.1) is 12.7 Å². The normalized spacial score (nSPS) is 18.4. The van der Waals surface area contributed by atoms with Gasteiger partial charge in [-0.05, 0) is 66.0 Å². The lowest BCUT2D eigenvalue weighted by molar-refractivity contribution is -0.121. The second-order valence-corrected chi connectivity index (χ2v) is 8.82. The van der Waals surface area contributed by atoms with E-state index >= 15 is 0 Å². The summed E-state index contributed by atoms with van der Waals surface area (Å²) in [6, 6.07) is 9.00. The average Bonchev–Trinajstić information content (AvgIpc) is 3.13. The third-order valence-electron chi connectivity index (χ3n) is 6.24. The number of hydrogen-bond acceptors (Lipinski definition) is 5. The zero-order valence-corrected chi connectivity index (χ0v) is 18.8. The van der Waals surface area contributed by atoms with Crippen molar-refractivity contribution in [3.8, 4) is 22.5 Å². The summed E-state index contributed by atoms with van der Waals surface area (Å²) in [7, 11) is 0. The van der Waals surface area contributed by atoms with Gasteiger partial charge in [0.05, 0.1) is 11.1 Å². The molecule has 1 atom stereocenters. The van der Waals surface area contributed by atoms with E-state index in [-0.39, 0.29) is 36.6 Å². The highest BCUT2D eigenvalue weighted by molar-refractivity contribution is 7.59. The molecule has 0 radical (unpaired) electrons. The molecule has 0 bridgehead atoms. The van der Waals surface area contributed by atoms with Crippen LogP contribution in [0.15, 0.2) is 34.9 Å². The van der Waals surface area contributed by atoms with Crippen LogP contribution in [-0.4, -0.2) is 21.5 Å². The van der Waals surface area contributed by atoms with E-state index in [9.17, 15) is 9.18 Å². The number of hydrogen-bond donors (Lipinski definition) is 1. The van der Waals surface area contributed by atoms with Crippen molar-refractivity contribution in [2.45, 2.75) is 50.5 Å². The van der Waals surface area contributed by atoms with Crippen LogP contribution in [-0.2, 0) is 11.2 Å². The van der Waals surface area contributed by atoms with Gasteiger partial charge in [-0.25, -0.2) is 4.39 Å². The van der Waals surface area contributed by atoms with Gasteiger partial charge in [0.15, 0.2) is 5.78 Å². The molecule has 2 N–H and O–H groups in total. The molecular formula is C23H23ClFN3O2S. The molecule has 0 spiro atoms. The smallest absolute Gasteiger partial charge is 0.223 e. The highest BCUT2D eigenvalue weighted by atomic mass is 35.5. The summed E-state index contributed by atoms with van der Waals surface area (Å²) in [5.41, 5.74) is 9.54. The number of Topliss-reactive ketones (excluding diaryl/α,β-unsaturated/α-hetero) is 1. The molecule has 0 saturated heterocycles. The Kier molecular flexibility index (Phi) is 5.70. The second-order valence-electron chi connectivity index (χ2n) is 8.38. The molecule has 5 nitrogen and oxygen atoms in total. The van der Waals surface area contributed by atoms with Gasteiger partial charge in [-0.3, -0.25) is 4.79 Å². The second kappa shape index (κ2) is 8.04. The lowest BCUT2D eigenvalue weighted by atomic mass is 9.90. The van der Waals surface area contributed by atoms with Crippen molar-refractivity contribution in [1.82, 2.24) is 10.1 Å². The van der Waals surface area contributed by atoms with Crippen molar-refractivity contribution in [1.29, 1.82) is 0 Å². The predicted molar refractivity (Wildman–Crippen MR) is 122 cm³/mol. The number of carbonyl (C=O) groups is 1. The fraction of sp³-hybridized carbons (Fsp3) is 0.348. The minimum absolute atomic E-state index is 0. The Balaban J connectivity index is 0.00000231. The highest BCUT2D eigenvalue weighted by Crippen LogP contribution is 2.43. The van der Waals surface area contributed by atoms with Gasteiger partial charge in [0.25, 0.3) is 0 Å². The lowest BCUT2D eigenvalue weighted by Crippen LogP contribution is -2.33. The number of benzene rings is 2. The molecule has 1 heterocycles. The molecule has 1 aromatic heterocycles. The van der Waals surface area contributed by atoms with Crippen molar-refractivity contribution in [2.24, 2.45) is 5.73 Å². The van der Waals surface area contributed by atoms with Crippen LogP contribution < -0.4 is 5.73 Å². The predicted octanol–water partition coefficient (Wildman–Crippen LogP) is 5.10. The van der Waals surface area contributed by atoms with Crippen molar-refractivity contribution in [2.75, 3.05) is 0 Å². The van der Waals surface area contributed by atoms with Crippen molar-refractivity contribution < 1.29 is 13.7 Å². The van der Waals surface area contributed by atoms with Crippen LogP contribution in [0.4, 0.5) is 4.39 Å². The topological polar surface area (TPSA) is 82.0 Å². The summed E-state index contributed by atoms with van der Waals surface area (Å²) in [6.07, 6.45) is 3.87. The van der Waals surface area contributed by atoms with Gasteiger partial charge >= 0.3 is 0 Å². The van der Waals surface area contributed by atoms with Crippen molar-refractivity contribution >= 4 is 30.9 Å². The maximum absolute atomic E-state index is 14.8. The molecule has 5 rings (SSSR count). The van der Waals surface area contributed by atoms with E-state index < -0.39 is 11.4 Å². The van der Waals surface area contributed by atoms with Gasteiger partial charge < -0.3 is 10.3 Å². The fourth-order valence-corrected chi connectivity index (χ4v) is 4.56. The molecule has 2 aromatic carbocycles. The zero-order chi connectivity index (χ0) is 21.0. The van der Waals surface area contributed by atoms with Crippen LogP contribution in [0.2, 0.25) is 5.02 Å². The maximum Gasteiger partial charge on any atom is 0.223 e. The summed E-state index contributed by atoms with van der Waals surface area (Å²) in [5.74, 6) is 0.410. The first-order valence-electron chi connectivity index (χ1n) is 10.1. The van der Waals surface area contributed by atoms with Gasteiger partial charge in [0, 0.05) is 18.4 Å². The Morgan fingerprint density at radius 2 is 2.10 bits per heavy atom. The summed E-state index contributed by atoms with van der Waals surface area (Å²) in [6.45, 7) is 1.66. The molecule has 8 heteroatoms.